The molecule has 0 aliphatic carbocycles. The monoisotopic (exact) mass is 495 g/mol. The highest BCUT2D eigenvalue weighted by Crippen LogP contribution is 2.29. The van der Waals surface area contributed by atoms with E-state index >= 15 is 0 Å². The number of benzene rings is 2. The summed E-state index contributed by atoms with van der Waals surface area (Å²) in [5.74, 6) is -3.85. The van der Waals surface area contributed by atoms with E-state index in [1.165, 1.54) is 19.1 Å². The summed E-state index contributed by atoms with van der Waals surface area (Å²) in [6.07, 6.45) is -1.52. The van der Waals surface area contributed by atoms with Crippen LogP contribution in [0, 0.1) is 5.82 Å². The number of halogens is 4. The van der Waals surface area contributed by atoms with Crippen molar-refractivity contribution in [3.8, 4) is 11.1 Å². The quantitative estimate of drug-likeness (QED) is 0.331. The van der Waals surface area contributed by atoms with Gasteiger partial charge in [0.15, 0.2) is 0 Å². The van der Waals surface area contributed by atoms with Crippen molar-refractivity contribution in [2.24, 2.45) is 5.73 Å². The maximum Gasteiger partial charge on any atom is 0.490 e. The summed E-state index contributed by atoms with van der Waals surface area (Å²) < 4.78 is 45.0. The number of amides is 2. The zero-order valence-corrected chi connectivity index (χ0v) is 18.2. The SMILES string of the molecule is CC(=O)Nc1cc(-c2cn[nH]c2)ccc1NC(=O)[C@H](N)Cc1cccc(F)c1.O=C(O)C(F)(F)F. The summed E-state index contributed by atoms with van der Waals surface area (Å²) >= 11 is 0. The Morgan fingerprint density at radius 1 is 1.09 bits per heavy atom. The van der Waals surface area contributed by atoms with Gasteiger partial charge >= 0.3 is 12.1 Å². The Labute approximate surface area is 196 Å². The average Bonchev–Trinajstić information content (AvgIpc) is 3.29. The average molecular weight is 495 g/mol. The second kappa shape index (κ2) is 11.7. The Balaban J connectivity index is 0.000000540. The summed E-state index contributed by atoms with van der Waals surface area (Å²) in [6, 6.07) is 10.3. The molecule has 1 heterocycles. The van der Waals surface area contributed by atoms with E-state index in [0.717, 1.165) is 11.1 Å². The largest absolute Gasteiger partial charge is 0.490 e. The number of nitrogens with two attached hydrogens (primary N) is 1. The van der Waals surface area contributed by atoms with Crippen molar-refractivity contribution in [2.75, 3.05) is 10.6 Å². The van der Waals surface area contributed by atoms with Crippen LogP contribution >= 0.6 is 0 Å². The van der Waals surface area contributed by atoms with E-state index in [4.69, 9.17) is 15.6 Å². The first-order valence-electron chi connectivity index (χ1n) is 9.88. The van der Waals surface area contributed by atoms with Crippen molar-refractivity contribution in [1.82, 2.24) is 10.2 Å². The number of aliphatic carboxylic acids is 1. The third-order valence-corrected chi connectivity index (χ3v) is 4.34. The van der Waals surface area contributed by atoms with Crippen LogP contribution in [0.25, 0.3) is 11.1 Å². The molecule has 2 amide bonds. The first-order valence-corrected chi connectivity index (χ1v) is 9.88. The molecular weight excluding hydrogens is 474 g/mol. The molecule has 3 rings (SSSR count). The number of hydrogen-bond donors (Lipinski definition) is 5. The number of rotatable bonds is 6. The number of aromatic amines is 1. The number of H-pyrrole nitrogens is 1. The Hall–Kier alpha value is -4.26. The third kappa shape index (κ3) is 8.55. The molecule has 0 saturated heterocycles. The summed E-state index contributed by atoms with van der Waals surface area (Å²) in [5.41, 5.74) is 9.12. The molecule has 3 aromatic rings. The molecule has 0 saturated carbocycles. The van der Waals surface area contributed by atoms with Crippen LogP contribution in [0.1, 0.15) is 12.5 Å². The number of aromatic nitrogens is 2. The molecule has 0 spiro atoms. The van der Waals surface area contributed by atoms with Gasteiger partial charge in [0, 0.05) is 18.7 Å². The van der Waals surface area contributed by atoms with E-state index in [1.807, 2.05) is 0 Å². The van der Waals surface area contributed by atoms with Gasteiger partial charge in [-0.05, 0) is 41.8 Å². The smallest absolute Gasteiger partial charge is 0.475 e. The van der Waals surface area contributed by atoms with Crippen LogP contribution in [-0.2, 0) is 20.8 Å². The van der Waals surface area contributed by atoms with E-state index < -0.39 is 24.1 Å². The molecule has 186 valence electrons. The van der Waals surface area contributed by atoms with Crippen LogP contribution in [0.4, 0.5) is 28.9 Å². The molecule has 6 N–H and O–H groups in total. The minimum absolute atomic E-state index is 0.187. The van der Waals surface area contributed by atoms with Crippen LogP contribution < -0.4 is 16.4 Å². The first-order chi connectivity index (χ1) is 16.4. The Kier molecular flexibility index (Phi) is 9.05. The van der Waals surface area contributed by atoms with Gasteiger partial charge in [-0.1, -0.05) is 18.2 Å². The fourth-order valence-electron chi connectivity index (χ4n) is 2.77. The number of nitrogens with one attached hydrogen (secondary N) is 3. The molecule has 0 fully saturated rings. The molecule has 0 aliphatic rings. The number of carboxylic acids is 1. The lowest BCUT2D eigenvalue weighted by atomic mass is 10.0. The molecule has 2 aromatic carbocycles. The van der Waals surface area contributed by atoms with E-state index in [2.05, 4.69) is 20.8 Å². The molecule has 0 bridgehead atoms. The number of carbonyl (C=O) groups is 3. The molecule has 0 unspecified atom stereocenters. The number of alkyl halides is 3. The van der Waals surface area contributed by atoms with Crippen molar-refractivity contribution in [3.05, 3.63) is 66.2 Å². The van der Waals surface area contributed by atoms with Crippen LogP contribution in [0.15, 0.2) is 54.9 Å². The fourth-order valence-corrected chi connectivity index (χ4v) is 2.77. The number of anilines is 2. The van der Waals surface area contributed by atoms with Crippen molar-refractivity contribution < 1.29 is 37.1 Å². The fraction of sp³-hybridized carbons (Fsp3) is 0.182. The van der Waals surface area contributed by atoms with Crippen LogP contribution in [-0.4, -0.2) is 45.3 Å². The molecule has 1 atom stereocenters. The number of nitrogens with zero attached hydrogens (tertiary/aromatic N) is 1. The van der Waals surface area contributed by atoms with E-state index in [1.54, 1.807) is 42.7 Å². The molecular formula is C22H21F4N5O4. The minimum atomic E-state index is -5.08. The van der Waals surface area contributed by atoms with Crippen molar-refractivity contribution in [2.45, 2.75) is 25.6 Å². The topological polar surface area (TPSA) is 150 Å². The summed E-state index contributed by atoms with van der Waals surface area (Å²) in [4.78, 5) is 32.9. The van der Waals surface area contributed by atoms with Gasteiger partial charge in [-0.3, -0.25) is 14.7 Å². The van der Waals surface area contributed by atoms with Gasteiger partial charge in [0.1, 0.15) is 5.82 Å². The summed E-state index contributed by atoms with van der Waals surface area (Å²) in [7, 11) is 0. The Morgan fingerprint density at radius 2 is 1.77 bits per heavy atom. The predicted octanol–water partition coefficient (Wildman–Crippen LogP) is 3.32. The van der Waals surface area contributed by atoms with Gasteiger partial charge in [0.25, 0.3) is 0 Å². The summed E-state index contributed by atoms with van der Waals surface area (Å²) in [6.45, 7) is 1.38. The van der Waals surface area contributed by atoms with Gasteiger partial charge in [0.2, 0.25) is 11.8 Å². The lowest BCUT2D eigenvalue weighted by Gasteiger charge is -2.16. The molecule has 0 aliphatic heterocycles. The van der Waals surface area contributed by atoms with E-state index in [0.29, 0.717) is 16.9 Å². The first kappa shape index (κ1) is 27.0. The van der Waals surface area contributed by atoms with Crippen molar-refractivity contribution >= 4 is 29.2 Å². The third-order valence-electron chi connectivity index (χ3n) is 4.34. The standard InChI is InChI=1S/C20H20FN5O2.C2HF3O2/c1-12(27)25-19-9-14(15-10-23-24-11-15)5-6-18(19)26-20(28)17(22)8-13-3-2-4-16(21)7-13;3-2(4,5)1(6)7/h2-7,9-11,17H,8,22H2,1H3,(H,23,24)(H,25,27)(H,26,28);(H,6,7)/t17-;/m1./s1. The molecule has 13 heteroatoms. The van der Waals surface area contributed by atoms with Gasteiger partial charge in [-0.2, -0.15) is 18.3 Å². The highest BCUT2D eigenvalue weighted by molar-refractivity contribution is 6.01. The normalized spacial score (nSPS) is 11.6. The second-order valence-corrected chi connectivity index (χ2v) is 7.16. The van der Waals surface area contributed by atoms with Crippen molar-refractivity contribution in [3.63, 3.8) is 0 Å². The van der Waals surface area contributed by atoms with Crippen LogP contribution in [0.3, 0.4) is 0 Å². The Bertz CT molecular complexity index is 1180. The van der Waals surface area contributed by atoms with Gasteiger partial charge in [-0.15, -0.1) is 0 Å². The van der Waals surface area contributed by atoms with Gasteiger partial charge in [0.05, 0.1) is 23.6 Å². The lowest BCUT2D eigenvalue weighted by Crippen LogP contribution is -2.37. The number of carbonyl (C=O) groups excluding carboxylic acids is 2. The summed E-state index contributed by atoms with van der Waals surface area (Å²) in [5, 5.41) is 19.2. The highest BCUT2D eigenvalue weighted by Gasteiger charge is 2.38. The number of carboxylic acid groups (broad SMARTS) is 1. The number of hydrogen-bond acceptors (Lipinski definition) is 5. The molecule has 1 aromatic heterocycles. The van der Waals surface area contributed by atoms with E-state index in [-0.39, 0.29) is 18.1 Å². The zero-order valence-electron chi connectivity index (χ0n) is 18.2. The van der Waals surface area contributed by atoms with Crippen molar-refractivity contribution in [1.29, 1.82) is 0 Å². The van der Waals surface area contributed by atoms with Crippen LogP contribution in [0.5, 0.6) is 0 Å². The van der Waals surface area contributed by atoms with Gasteiger partial charge in [-0.25, -0.2) is 9.18 Å². The van der Waals surface area contributed by atoms with E-state index in [9.17, 15) is 27.2 Å². The maximum atomic E-state index is 13.3. The van der Waals surface area contributed by atoms with Gasteiger partial charge < -0.3 is 21.5 Å². The van der Waals surface area contributed by atoms with Crippen LogP contribution in [0.2, 0.25) is 0 Å². The maximum absolute atomic E-state index is 13.3. The molecule has 0 radical (unpaired) electrons. The predicted molar refractivity (Wildman–Crippen MR) is 119 cm³/mol. The highest BCUT2D eigenvalue weighted by atomic mass is 19.4. The zero-order chi connectivity index (χ0) is 26.2. The Morgan fingerprint density at radius 3 is 2.31 bits per heavy atom. The second-order valence-electron chi connectivity index (χ2n) is 7.16. The minimum Gasteiger partial charge on any atom is -0.475 e. The lowest BCUT2D eigenvalue weighted by molar-refractivity contribution is -0.192. The molecule has 35 heavy (non-hydrogen) atoms. The molecule has 9 nitrogen and oxygen atoms in total.